The lowest BCUT2D eigenvalue weighted by molar-refractivity contribution is 0.891. The molecule has 0 bridgehead atoms. The fraction of sp³-hybridized carbons (Fsp3) is 0.231. The van der Waals surface area contributed by atoms with Crippen molar-refractivity contribution >= 4 is 23.2 Å². The molecule has 108 valence electrons. The minimum absolute atomic E-state index is 0.512. The number of nitrogens with one attached hydrogen (secondary N) is 2. The average Bonchev–Trinajstić information content (AvgIpc) is 3.16. The van der Waals surface area contributed by atoms with Gasteiger partial charge in [-0.15, -0.1) is 0 Å². The van der Waals surface area contributed by atoms with Gasteiger partial charge in [-0.3, -0.25) is 4.57 Å². The van der Waals surface area contributed by atoms with Gasteiger partial charge in [-0.2, -0.15) is 26.3 Å². The summed E-state index contributed by atoms with van der Waals surface area (Å²) in [5.74, 6) is 1.57. The standard InChI is InChI=1S/C13H15N7S/c1-9-6-21-7-10(9)5-16-12-17-11(14-2)18-13(19-12)20-4-3-15-8-20/h3-4,6-8H,5H2,1-2H3,(H2,14,16,17,18,19). The van der Waals surface area contributed by atoms with E-state index in [1.807, 2.05) is 0 Å². The highest BCUT2D eigenvalue weighted by molar-refractivity contribution is 7.08. The maximum atomic E-state index is 4.41. The highest BCUT2D eigenvalue weighted by Gasteiger charge is 2.07. The molecule has 0 spiro atoms. The Morgan fingerprint density at radius 3 is 2.71 bits per heavy atom. The molecule has 0 aliphatic heterocycles. The Kier molecular flexibility index (Phi) is 3.78. The fourth-order valence-corrected chi connectivity index (χ4v) is 2.65. The van der Waals surface area contributed by atoms with Crippen LogP contribution in [0.5, 0.6) is 0 Å². The molecule has 3 rings (SSSR count). The van der Waals surface area contributed by atoms with E-state index >= 15 is 0 Å². The van der Waals surface area contributed by atoms with E-state index in [0.717, 1.165) is 0 Å². The lowest BCUT2D eigenvalue weighted by Gasteiger charge is -2.08. The third-order valence-corrected chi connectivity index (χ3v) is 3.89. The number of anilines is 2. The zero-order valence-electron chi connectivity index (χ0n) is 11.7. The summed E-state index contributed by atoms with van der Waals surface area (Å²) in [6.45, 7) is 2.78. The van der Waals surface area contributed by atoms with E-state index in [-0.39, 0.29) is 0 Å². The van der Waals surface area contributed by atoms with Crippen LogP contribution in [0.2, 0.25) is 0 Å². The van der Waals surface area contributed by atoms with Crippen LogP contribution in [-0.2, 0) is 6.54 Å². The van der Waals surface area contributed by atoms with Crippen molar-refractivity contribution in [1.29, 1.82) is 0 Å². The Bertz CT molecular complexity index is 720. The molecule has 3 aromatic rings. The summed E-state index contributed by atoms with van der Waals surface area (Å²) in [7, 11) is 1.78. The number of nitrogens with zero attached hydrogens (tertiary/aromatic N) is 5. The topological polar surface area (TPSA) is 80.5 Å². The minimum atomic E-state index is 0.512. The molecule has 0 unspecified atom stereocenters. The molecule has 0 aromatic carbocycles. The van der Waals surface area contributed by atoms with Gasteiger partial charge in [-0.05, 0) is 28.8 Å². The highest BCUT2D eigenvalue weighted by Crippen LogP contribution is 2.15. The van der Waals surface area contributed by atoms with Crippen LogP contribution in [0.1, 0.15) is 11.1 Å². The predicted octanol–water partition coefficient (Wildman–Crippen LogP) is 2.08. The van der Waals surface area contributed by atoms with Crippen LogP contribution in [0, 0.1) is 6.92 Å². The number of hydrogen-bond acceptors (Lipinski definition) is 7. The first-order valence-electron chi connectivity index (χ1n) is 6.44. The van der Waals surface area contributed by atoms with Crippen LogP contribution < -0.4 is 10.6 Å². The van der Waals surface area contributed by atoms with Crippen molar-refractivity contribution in [2.45, 2.75) is 13.5 Å². The van der Waals surface area contributed by atoms with Crippen LogP contribution in [-0.4, -0.2) is 31.6 Å². The molecule has 0 fully saturated rings. The first kappa shape index (κ1) is 13.5. The van der Waals surface area contributed by atoms with Crippen molar-refractivity contribution in [2.24, 2.45) is 0 Å². The van der Waals surface area contributed by atoms with Crippen LogP contribution >= 0.6 is 11.3 Å². The van der Waals surface area contributed by atoms with Crippen molar-refractivity contribution in [3.8, 4) is 5.95 Å². The van der Waals surface area contributed by atoms with Gasteiger partial charge in [-0.25, -0.2) is 4.98 Å². The van der Waals surface area contributed by atoms with Crippen LogP contribution in [0.15, 0.2) is 29.5 Å². The number of aryl methyl sites for hydroxylation is 1. The van der Waals surface area contributed by atoms with Gasteiger partial charge < -0.3 is 10.6 Å². The Morgan fingerprint density at radius 1 is 1.19 bits per heavy atom. The zero-order chi connectivity index (χ0) is 14.7. The zero-order valence-corrected chi connectivity index (χ0v) is 12.6. The van der Waals surface area contributed by atoms with Gasteiger partial charge in [0.25, 0.3) is 0 Å². The monoisotopic (exact) mass is 301 g/mol. The van der Waals surface area contributed by atoms with Gasteiger partial charge >= 0.3 is 0 Å². The molecule has 7 nitrogen and oxygen atoms in total. The number of aromatic nitrogens is 5. The van der Waals surface area contributed by atoms with Gasteiger partial charge in [0.1, 0.15) is 6.33 Å². The van der Waals surface area contributed by atoms with E-state index < -0.39 is 0 Å². The molecular formula is C13H15N7S. The van der Waals surface area contributed by atoms with E-state index in [0.29, 0.717) is 24.4 Å². The maximum Gasteiger partial charge on any atom is 0.241 e. The number of thiophene rings is 1. The van der Waals surface area contributed by atoms with E-state index in [1.165, 1.54) is 11.1 Å². The highest BCUT2D eigenvalue weighted by atomic mass is 32.1. The molecule has 0 aliphatic rings. The Hall–Kier alpha value is -2.48. The first-order valence-corrected chi connectivity index (χ1v) is 7.38. The summed E-state index contributed by atoms with van der Waals surface area (Å²) in [6.07, 6.45) is 5.13. The van der Waals surface area contributed by atoms with Gasteiger partial charge in [0.2, 0.25) is 17.8 Å². The summed E-state index contributed by atoms with van der Waals surface area (Å²) in [5.41, 5.74) is 2.51. The molecule has 0 saturated carbocycles. The molecule has 3 aromatic heterocycles. The van der Waals surface area contributed by atoms with Gasteiger partial charge in [0, 0.05) is 26.0 Å². The summed E-state index contributed by atoms with van der Waals surface area (Å²) in [4.78, 5) is 17.0. The van der Waals surface area contributed by atoms with Crippen LogP contribution in [0.4, 0.5) is 11.9 Å². The second-order valence-electron chi connectivity index (χ2n) is 4.44. The van der Waals surface area contributed by atoms with Crippen molar-refractivity contribution < 1.29 is 0 Å². The summed E-state index contributed by atoms with van der Waals surface area (Å²) < 4.78 is 1.74. The molecule has 2 N–H and O–H groups in total. The molecule has 0 atom stereocenters. The molecule has 0 radical (unpaired) electrons. The minimum Gasteiger partial charge on any atom is -0.357 e. The van der Waals surface area contributed by atoms with Gasteiger partial charge in [-0.1, -0.05) is 0 Å². The van der Waals surface area contributed by atoms with Crippen molar-refractivity contribution in [2.75, 3.05) is 17.7 Å². The van der Waals surface area contributed by atoms with Gasteiger partial charge in [0.15, 0.2) is 0 Å². The second-order valence-corrected chi connectivity index (χ2v) is 5.18. The Morgan fingerprint density at radius 2 is 2.05 bits per heavy atom. The summed E-state index contributed by atoms with van der Waals surface area (Å²) in [5, 5.41) is 10.4. The average molecular weight is 301 g/mol. The molecule has 0 amide bonds. The lowest BCUT2D eigenvalue weighted by atomic mass is 10.2. The maximum absolute atomic E-state index is 4.41. The summed E-state index contributed by atoms with van der Waals surface area (Å²) in [6, 6.07) is 0. The molecular weight excluding hydrogens is 286 g/mol. The third-order valence-electron chi connectivity index (χ3n) is 2.98. The molecule has 0 aliphatic carbocycles. The third kappa shape index (κ3) is 3.00. The second kappa shape index (κ2) is 5.88. The van der Waals surface area contributed by atoms with Crippen molar-refractivity contribution in [1.82, 2.24) is 24.5 Å². The van der Waals surface area contributed by atoms with E-state index in [4.69, 9.17) is 0 Å². The largest absolute Gasteiger partial charge is 0.357 e. The molecule has 21 heavy (non-hydrogen) atoms. The molecule has 0 saturated heterocycles. The first-order chi connectivity index (χ1) is 10.3. The van der Waals surface area contributed by atoms with Gasteiger partial charge in [0.05, 0.1) is 0 Å². The number of rotatable bonds is 5. The Labute approximate surface area is 126 Å². The fourth-order valence-electron chi connectivity index (χ4n) is 1.79. The smallest absolute Gasteiger partial charge is 0.241 e. The van der Waals surface area contributed by atoms with E-state index in [2.05, 4.69) is 48.3 Å². The quantitative estimate of drug-likeness (QED) is 0.751. The molecule has 8 heteroatoms. The van der Waals surface area contributed by atoms with Crippen molar-refractivity contribution in [3.05, 3.63) is 40.6 Å². The van der Waals surface area contributed by atoms with E-state index in [9.17, 15) is 0 Å². The van der Waals surface area contributed by atoms with Crippen molar-refractivity contribution in [3.63, 3.8) is 0 Å². The SMILES string of the molecule is CNc1nc(NCc2cscc2C)nc(-n2ccnc2)n1. The van der Waals surface area contributed by atoms with Crippen LogP contribution in [0.25, 0.3) is 5.95 Å². The Balaban J connectivity index is 1.84. The number of imidazole rings is 1. The normalized spacial score (nSPS) is 10.6. The lowest BCUT2D eigenvalue weighted by Crippen LogP contribution is -2.10. The molecule has 3 heterocycles. The number of hydrogen-bond donors (Lipinski definition) is 2. The predicted molar refractivity (Wildman–Crippen MR) is 82.9 cm³/mol. The summed E-state index contributed by atoms with van der Waals surface area (Å²) >= 11 is 1.69. The van der Waals surface area contributed by atoms with E-state index in [1.54, 1.807) is 41.7 Å². The van der Waals surface area contributed by atoms with Crippen LogP contribution in [0.3, 0.4) is 0 Å².